The minimum Gasteiger partial charge on any atom is -0.192 e. The van der Waals surface area contributed by atoms with Crippen molar-refractivity contribution in [1.82, 2.24) is 0 Å². The van der Waals surface area contributed by atoms with Crippen molar-refractivity contribution in [3.05, 3.63) is 29.8 Å². The molecule has 1 aromatic rings. The summed E-state index contributed by atoms with van der Waals surface area (Å²) in [6.45, 7) is 0. The minimum atomic E-state index is -4.33. The zero-order chi connectivity index (χ0) is 14.0. The van der Waals surface area contributed by atoms with Gasteiger partial charge in [-0.15, -0.1) is 0 Å². The van der Waals surface area contributed by atoms with E-state index in [1.165, 1.54) is 56.2 Å². The molecule has 0 aliphatic heterocycles. The Hall–Kier alpha value is -0.870. The zero-order valence-electron chi connectivity index (χ0n) is 11.4. The van der Waals surface area contributed by atoms with Crippen molar-refractivity contribution in [2.75, 3.05) is 0 Å². The van der Waals surface area contributed by atoms with Crippen LogP contribution in [0.25, 0.3) is 0 Å². The van der Waals surface area contributed by atoms with E-state index in [4.69, 9.17) is 0 Å². The molecule has 1 radical (unpaired) electrons. The van der Waals surface area contributed by atoms with E-state index < -0.39 is 10.1 Å². The molecule has 1 aromatic carbocycles. The highest BCUT2D eigenvalue weighted by molar-refractivity contribution is 7.85. The van der Waals surface area contributed by atoms with Crippen LogP contribution in [0.3, 0.4) is 0 Å². The van der Waals surface area contributed by atoms with Crippen LogP contribution in [0.4, 0.5) is 0 Å². The SMILES string of the molecule is [O]S(=O)(=O)c1ccc(C23CC4CC(CC(C4)C2)C3)cc1. The molecule has 0 unspecified atom stereocenters. The van der Waals surface area contributed by atoms with Crippen molar-refractivity contribution in [2.45, 2.75) is 48.8 Å². The molecule has 0 heterocycles. The Labute approximate surface area is 120 Å². The number of benzene rings is 1. The maximum atomic E-state index is 11.0. The molecule has 0 spiro atoms. The highest BCUT2D eigenvalue weighted by Crippen LogP contribution is 2.60. The van der Waals surface area contributed by atoms with Crippen molar-refractivity contribution < 1.29 is 13.0 Å². The largest absolute Gasteiger partial charge is 0.324 e. The zero-order valence-corrected chi connectivity index (χ0v) is 12.2. The molecule has 0 amide bonds. The Morgan fingerprint density at radius 3 is 1.70 bits per heavy atom. The van der Waals surface area contributed by atoms with Gasteiger partial charge in [-0.3, -0.25) is 0 Å². The molecule has 4 heteroatoms. The van der Waals surface area contributed by atoms with E-state index in [-0.39, 0.29) is 10.3 Å². The molecule has 4 aliphatic carbocycles. The lowest BCUT2D eigenvalue weighted by atomic mass is 9.48. The predicted octanol–water partition coefficient (Wildman–Crippen LogP) is 3.27. The Morgan fingerprint density at radius 2 is 1.30 bits per heavy atom. The molecule has 107 valence electrons. The molecular weight excluding hydrogens is 272 g/mol. The van der Waals surface area contributed by atoms with E-state index in [2.05, 4.69) is 0 Å². The highest BCUT2D eigenvalue weighted by atomic mass is 32.2. The summed E-state index contributed by atoms with van der Waals surface area (Å²) < 4.78 is 33.1. The van der Waals surface area contributed by atoms with Gasteiger partial charge in [0, 0.05) is 0 Å². The van der Waals surface area contributed by atoms with Crippen molar-refractivity contribution in [2.24, 2.45) is 17.8 Å². The first-order valence-electron chi connectivity index (χ1n) is 7.51. The molecule has 5 rings (SSSR count). The standard InChI is InChI=1S/C16H19O3S/c17-20(18,19)15-3-1-14(2-4-15)16-8-11-5-12(9-16)7-13(6-11)10-16/h1-4,11-13H,5-10H2. The monoisotopic (exact) mass is 291 g/mol. The first-order chi connectivity index (χ1) is 9.45. The number of hydrogen-bond donors (Lipinski definition) is 0. The summed E-state index contributed by atoms with van der Waals surface area (Å²) in [5.74, 6) is 2.59. The van der Waals surface area contributed by atoms with Gasteiger partial charge in [0.05, 0.1) is 4.90 Å². The normalized spacial score (nSPS) is 39.1. The van der Waals surface area contributed by atoms with Crippen LogP contribution in [-0.4, -0.2) is 8.42 Å². The number of hydrogen-bond acceptors (Lipinski definition) is 2. The molecule has 0 aromatic heterocycles. The van der Waals surface area contributed by atoms with Gasteiger partial charge in [-0.2, -0.15) is 8.42 Å². The summed E-state index contributed by atoms with van der Waals surface area (Å²) in [6.07, 6.45) is 7.94. The van der Waals surface area contributed by atoms with E-state index in [9.17, 15) is 13.0 Å². The molecule has 0 N–H and O–H groups in total. The van der Waals surface area contributed by atoms with Gasteiger partial charge in [-0.05, 0) is 79.4 Å². The maximum absolute atomic E-state index is 11.0. The van der Waals surface area contributed by atoms with Crippen LogP contribution in [-0.2, 0) is 20.1 Å². The Balaban J connectivity index is 1.70. The van der Waals surface area contributed by atoms with E-state index in [1.807, 2.05) is 12.1 Å². The van der Waals surface area contributed by atoms with E-state index in [0.717, 1.165) is 17.8 Å². The van der Waals surface area contributed by atoms with Crippen molar-refractivity contribution in [1.29, 1.82) is 0 Å². The highest BCUT2D eigenvalue weighted by Gasteiger charge is 2.51. The lowest BCUT2D eigenvalue weighted by Crippen LogP contribution is -2.48. The van der Waals surface area contributed by atoms with Crippen molar-refractivity contribution >= 4 is 10.1 Å². The van der Waals surface area contributed by atoms with Gasteiger partial charge in [0.2, 0.25) is 0 Å². The van der Waals surface area contributed by atoms with Gasteiger partial charge in [-0.1, -0.05) is 16.7 Å². The second-order valence-corrected chi connectivity index (χ2v) is 8.56. The fraction of sp³-hybridized carbons (Fsp3) is 0.625. The fourth-order valence-corrected chi connectivity index (χ4v) is 5.91. The van der Waals surface area contributed by atoms with Crippen LogP contribution >= 0.6 is 0 Å². The Morgan fingerprint density at radius 1 is 0.850 bits per heavy atom. The fourth-order valence-electron chi connectivity index (χ4n) is 5.44. The maximum Gasteiger partial charge on any atom is 0.324 e. The first kappa shape index (κ1) is 12.8. The van der Waals surface area contributed by atoms with E-state index in [0.29, 0.717) is 0 Å². The summed E-state index contributed by atoms with van der Waals surface area (Å²) in [4.78, 5) is -0.106. The van der Waals surface area contributed by atoms with Crippen LogP contribution in [0.5, 0.6) is 0 Å². The summed E-state index contributed by atoms with van der Waals surface area (Å²) >= 11 is 0. The van der Waals surface area contributed by atoms with Crippen LogP contribution in [0, 0.1) is 17.8 Å². The molecule has 3 nitrogen and oxygen atoms in total. The Bertz CT molecular complexity index is 595. The third-order valence-electron chi connectivity index (χ3n) is 5.79. The first-order valence-corrected chi connectivity index (χ1v) is 8.92. The number of rotatable bonds is 2. The third kappa shape index (κ3) is 1.92. The predicted molar refractivity (Wildman–Crippen MR) is 74.2 cm³/mol. The van der Waals surface area contributed by atoms with E-state index >= 15 is 0 Å². The van der Waals surface area contributed by atoms with Crippen LogP contribution < -0.4 is 0 Å². The van der Waals surface area contributed by atoms with Gasteiger partial charge in [0.25, 0.3) is 0 Å². The smallest absolute Gasteiger partial charge is 0.192 e. The van der Waals surface area contributed by atoms with Crippen molar-refractivity contribution in [3.8, 4) is 0 Å². The molecular formula is C16H19O3S. The Kier molecular flexibility index (Phi) is 2.62. The molecule has 0 saturated heterocycles. The lowest BCUT2D eigenvalue weighted by molar-refractivity contribution is -0.00521. The van der Waals surface area contributed by atoms with Gasteiger partial charge in [0.15, 0.2) is 0 Å². The average molecular weight is 291 g/mol. The van der Waals surface area contributed by atoms with Crippen LogP contribution in [0.15, 0.2) is 29.2 Å². The van der Waals surface area contributed by atoms with Gasteiger partial charge < -0.3 is 0 Å². The summed E-state index contributed by atoms with van der Waals surface area (Å²) in [6, 6.07) is 6.77. The minimum absolute atomic E-state index is 0.106. The summed E-state index contributed by atoms with van der Waals surface area (Å²) in [5, 5.41) is 0. The van der Waals surface area contributed by atoms with Gasteiger partial charge in [0.1, 0.15) is 0 Å². The van der Waals surface area contributed by atoms with Gasteiger partial charge in [-0.25, -0.2) is 0 Å². The quantitative estimate of drug-likeness (QED) is 0.839. The van der Waals surface area contributed by atoms with E-state index in [1.54, 1.807) is 0 Å². The topological polar surface area (TPSA) is 54.0 Å². The molecule has 4 saturated carbocycles. The third-order valence-corrected chi connectivity index (χ3v) is 6.64. The van der Waals surface area contributed by atoms with Gasteiger partial charge >= 0.3 is 10.1 Å². The average Bonchev–Trinajstić information content (AvgIpc) is 2.36. The molecule has 0 atom stereocenters. The molecule has 20 heavy (non-hydrogen) atoms. The molecule has 4 aliphatic rings. The van der Waals surface area contributed by atoms with Crippen LogP contribution in [0.1, 0.15) is 44.1 Å². The summed E-state index contributed by atoms with van der Waals surface area (Å²) in [5.41, 5.74) is 1.52. The second kappa shape index (κ2) is 4.08. The van der Waals surface area contributed by atoms with Crippen LogP contribution in [0.2, 0.25) is 0 Å². The van der Waals surface area contributed by atoms with Crippen molar-refractivity contribution in [3.63, 3.8) is 0 Å². The second-order valence-electron chi connectivity index (χ2n) is 7.18. The molecule has 4 bridgehead atoms. The molecule has 4 fully saturated rings. The summed E-state index contributed by atoms with van der Waals surface area (Å²) in [7, 11) is -4.33. The lowest BCUT2D eigenvalue weighted by Gasteiger charge is -2.57.